The Morgan fingerprint density at radius 1 is 1.75 bits per heavy atom. The number of ether oxygens (including phenoxy) is 1. The zero-order valence-electron chi connectivity index (χ0n) is 6.69. The van der Waals surface area contributed by atoms with Gasteiger partial charge in [0, 0.05) is 12.4 Å². The van der Waals surface area contributed by atoms with Gasteiger partial charge in [-0.15, -0.1) is 0 Å². The van der Waals surface area contributed by atoms with Gasteiger partial charge in [-0.2, -0.15) is 5.10 Å². The van der Waals surface area contributed by atoms with Gasteiger partial charge in [0.1, 0.15) is 6.33 Å². The summed E-state index contributed by atoms with van der Waals surface area (Å²) in [5, 5.41) is 7.46. The number of aromatic amines is 1. The number of hydrogen-bond acceptors (Lipinski definition) is 4. The van der Waals surface area contributed by atoms with Crippen LogP contribution in [0.15, 0.2) is 11.5 Å². The minimum Gasteiger partial charge on any atom is -0.377 e. The van der Waals surface area contributed by atoms with Crippen LogP contribution in [0, 0.1) is 0 Å². The van der Waals surface area contributed by atoms with Gasteiger partial charge >= 0.3 is 0 Å². The van der Waals surface area contributed by atoms with Gasteiger partial charge in [-0.1, -0.05) is 11.8 Å². The lowest BCUT2D eigenvalue weighted by Crippen LogP contribution is -2.07. The average molecular weight is 185 g/mol. The maximum Gasteiger partial charge on any atom is 0.183 e. The maximum absolute atomic E-state index is 5.47. The fourth-order valence-corrected chi connectivity index (χ4v) is 2.06. The third-order valence-electron chi connectivity index (χ3n) is 1.82. The lowest BCUT2D eigenvalue weighted by Gasteiger charge is -2.05. The molecule has 0 bridgehead atoms. The van der Waals surface area contributed by atoms with Crippen LogP contribution in [0.4, 0.5) is 0 Å². The molecule has 1 N–H and O–H groups in total. The number of rotatable bonds is 3. The van der Waals surface area contributed by atoms with Gasteiger partial charge in [-0.05, 0) is 12.8 Å². The van der Waals surface area contributed by atoms with Gasteiger partial charge in [-0.3, -0.25) is 5.10 Å². The smallest absolute Gasteiger partial charge is 0.183 e. The van der Waals surface area contributed by atoms with E-state index < -0.39 is 0 Å². The molecule has 5 heteroatoms. The first-order valence-corrected chi connectivity index (χ1v) is 5.03. The summed E-state index contributed by atoms with van der Waals surface area (Å²) in [7, 11) is 0. The molecule has 0 radical (unpaired) electrons. The van der Waals surface area contributed by atoms with Crippen molar-refractivity contribution in [2.24, 2.45) is 0 Å². The first-order valence-electron chi connectivity index (χ1n) is 4.05. The van der Waals surface area contributed by atoms with Crippen molar-refractivity contribution < 1.29 is 4.74 Å². The maximum atomic E-state index is 5.47. The monoisotopic (exact) mass is 185 g/mol. The van der Waals surface area contributed by atoms with Crippen LogP contribution in [-0.4, -0.2) is 33.6 Å². The van der Waals surface area contributed by atoms with Crippen LogP contribution in [0.1, 0.15) is 12.8 Å². The molecule has 0 spiro atoms. The normalized spacial score (nSPS) is 23.2. The van der Waals surface area contributed by atoms with E-state index >= 15 is 0 Å². The molecule has 0 amide bonds. The number of nitrogens with zero attached hydrogens (tertiary/aromatic N) is 2. The van der Waals surface area contributed by atoms with Crippen molar-refractivity contribution >= 4 is 11.8 Å². The van der Waals surface area contributed by atoms with Crippen molar-refractivity contribution in [3.8, 4) is 0 Å². The standard InChI is InChI=1S/C7H11N3OS/c1-2-6(11-3-1)4-12-7-8-5-9-10-7/h5-6H,1-4H2,(H,8,9,10)/t6-/m1/s1. The Bertz CT molecular complexity index is 221. The minimum atomic E-state index is 0.417. The molecule has 1 aromatic heterocycles. The molecule has 1 aromatic rings. The summed E-state index contributed by atoms with van der Waals surface area (Å²) in [6.45, 7) is 0.918. The Labute approximate surface area is 75.1 Å². The predicted molar refractivity (Wildman–Crippen MR) is 46.1 cm³/mol. The van der Waals surface area contributed by atoms with Gasteiger partial charge in [0.2, 0.25) is 0 Å². The first kappa shape index (κ1) is 8.07. The van der Waals surface area contributed by atoms with Crippen LogP contribution < -0.4 is 0 Å². The summed E-state index contributed by atoms with van der Waals surface area (Å²) in [5.74, 6) is 0.981. The molecule has 1 aliphatic heterocycles. The molecular formula is C7H11N3OS. The fraction of sp³-hybridized carbons (Fsp3) is 0.714. The predicted octanol–water partition coefficient (Wildman–Crippen LogP) is 1.08. The van der Waals surface area contributed by atoms with Gasteiger partial charge in [-0.25, -0.2) is 4.98 Å². The number of hydrogen-bond donors (Lipinski definition) is 1. The molecule has 1 saturated heterocycles. The Kier molecular flexibility index (Phi) is 2.63. The van der Waals surface area contributed by atoms with E-state index in [1.807, 2.05) is 0 Å². The van der Waals surface area contributed by atoms with E-state index in [-0.39, 0.29) is 0 Å². The Hall–Kier alpha value is -0.550. The van der Waals surface area contributed by atoms with E-state index in [2.05, 4.69) is 15.2 Å². The van der Waals surface area contributed by atoms with Crippen LogP contribution in [-0.2, 0) is 4.74 Å². The molecule has 2 heterocycles. The third kappa shape index (κ3) is 1.98. The molecule has 2 rings (SSSR count). The van der Waals surface area contributed by atoms with Crippen LogP contribution in [0.5, 0.6) is 0 Å². The summed E-state index contributed by atoms with van der Waals surface area (Å²) in [6.07, 6.45) is 4.32. The molecule has 0 aromatic carbocycles. The second kappa shape index (κ2) is 3.91. The Morgan fingerprint density at radius 3 is 3.42 bits per heavy atom. The van der Waals surface area contributed by atoms with Crippen molar-refractivity contribution in [2.45, 2.75) is 24.1 Å². The van der Waals surface area contributed by atoms with Crippen molar-refractivity contribution in [1.82, 2.24) is 15.2 Å². The summed E-state index contributed by atoms with van der Waals surface area (Å²) < 4.78 is 5.47. The highest BCUT2D eigenvalue weighted by Crippen LogP contribution is 2.20. The second-order valence-electron chi connectivity index (χ2n) is 2.74. The summed E-state index contributed by atoms with van der Waals surface area (Å²) >= 11 is 1.67. The van der Waals surface area contributed by atoms with E-state index in [9.17, 15) is 0 Å². The van der Waals surface area contributed by atoms with Crippen molar-refractivity contribution in [1.29, 1.82) is 0 Å². The summed E-state index contributed by atoms with van der Waals surface area (Å²) in [4.78, 5) is 4.02. The van der Waals surface area contributed by atoms with Crippen molar-refractivity contribution in [3.63, 3.8) is 0 Å². The largest absolute Gasteiger partial charge is 0.377 e. The third-order valence-corrected chi connectivity index (χ3v) is 2.83. The van der Waals surface area contributed by atoms with E-state index in [0.29, 0.717) is 6.10 Å². The highest BCUT2D eigenvalue weighted by molar-refractivity contribution is 7.99. The number of nitrogens with one attached hydrogen (secondary N) is 1. The second-order valence-corrected chi connectivity index (χ2v) is 3.75. The number of thioether (sulfide) groups is 1. The van der Waals surface area contributed by atoms with Crippen LogP contribution >= 0.6 is 11.8 Å². The summed E-state index contributed by atoms with van der Waals surface area (Å²) in [5.41, 5.74) is 0. The fourth-order valence-electron chi connectivity index (χ4n) is 1.21. The lowest BCUT2D eigenvalue weighted by atomic mass is 10.3. The van der Waals surface area contributed by atoms with Crippen LogP contribution in [0.3, 0.4) is 0 Å². The van der Waals surface area contributed by atoms with Crippen LogP contribution in [0.25, 0.3) is 0 Å². The quantitative estimate of drug-likeness (QED) is 0.716. The van der Waals surface area contributed by atoms with Gasteiger partial charge in [0.25, 0.3) is 0 Å². The molecule has 0 saturated carbocycles. The summed E-state index contributed by atoms with van der Waals surface area (Å²) in [6, 6.07) is 0. The molecule has 0 unspecified atom stereocenters. The van der Waals surface area contributed by atoms with Gasteiger partial charge in [0.15, 0.2) is 5.16 Å². The molecule has 1 aliphatic rings. The molecule has 0 aliphatic carbocycles. The lowest BCUT2D eigenvalue weighted by molar-refractivity contribution is 0.129. The highest BCUT2D eigenvalue weighted by Gasteiger charge is 2.15. The zero-order chi connectivity index (χ0) is 8.23. The first-order chi connectivity index (χ1) is 5.95. The Morgan fingerprint density at radius 2 is 2.75 bits per heavy atom. The molecule has 66 valence electrons. The Balaban J connectivity index is 1.74. The molecule has 1 fully saturated rings. The molecule has 4 nitrogen and oxygen atoms in total. The SMILES string of the molecule is c1n[nH]c(SC[C@H]2CCCO2)n1. The minimum absolute atomic E-state index is 0.417. The zero-order valence-corrected chi connectivity index (χ0v) is 7.51. The molecule has 1 atom stereocenters. The number of aromatic nitrogens is 3. The van der Waals surface area contributed by atoms with E-state index in [1.165, 1.54) is 19.2 Å². The van der Waals surface area contributed by atoms with E-state index in [1.54, 1.807) is 11.8 Å². The number of H-pyrrole nitrogens is 1. The van der Waals surface area contributed by atoms with Gasteiger partial charge < -0.3 is 4.74 Å². The van der Waals surface area contributed by atoms with E-state index in [4.69, 9.17) is 4.74 Å². The average Bonchev–Trinajstić information content (AvgIpc) is 2.74. The van der Waals surface area contributed by atoms with E-state index in [0.717, 1.165) is 17.5 Å². The van der Waals surface area contributed by atoms with Crippen molar-refractivity contribution in [3.05, 3.63) is 6.33 Å². The molecular weight excluding hydrogens is 174 g/mol. The van der Waals surface area contributed by atoms with Crippen LogP contribution in [0.2, 0.25) is 0 Å². The van der Waals surface area contributed by atoms with Crippen molar-refractivity contribution in [2.75, 3.05) is 12.4 Å². The van der Waals surface area contributed by atoms with Gasteiger partial charge in [0.05, 0.1) is 6.10 Å². The molecule has 12 heavy (non-hydrogen) atoms. The topological polar surface area (TPSA) is 50.8 Å². The highest BCUT2D eigenvalue weighted by atomic mass is 32.2.